The molecule has 2 aromatic heterocycles. The van der Waals surface area contributed by atoms with Crippen molar-refractivity contribution < 1.29 is 4.79 Å². The van der Waals surface area contributed by atoms with E-state index < -0.39 is 0 Å². The number of H-pyrrole nitrogens is 2. The fraction of sp³-hybridized carbons (Fsp3) is 0.105. The average molecular weight is 347 g/mol. The number of carbonyl (C=O) groups is 1. The number of aromatic nitrogens is 4. The molecule has 7 heteroatoms. The van der Waals surface area contributed by atoms with E-state index in [0.29, 0.717) is 22.3 Å². The zero-order valence-corrected chi connectivity index (χ0v) is 14.3. The topological polar surface area (TPSA) is 95.6 Å². The number of imidazole rings is 1. The summed E-state index contributed by atoms with van der Waals surface area (Å²) in [6, 6.07) is 13.1. The van der Waals surface area contributed by atoms with Crippen molar-refractivity contribution in [2.24, 2.45) is 0 Å². The number of fused-ring (bicyclic) bond motifs is 1. The van der Waals surface area contributed by atoms with Gasteiger partial charge in [-0.25, -0.2) is 9.48 Å². The second-order valence-electron chi connectivity index (χ2n) is 6.19. The molecule has 0 saturated heterocycles. The lowest BCUT2D eigenvalue weighted by atomic mass is 10.2. The van der Waals surface area contributed by atoms with Crippen LogP contribution in [0.15, 0.2) is 53.5 Å². The zero-order chi connectivity index (χ0) is 18.3. The van der Waals surface area contributed by atoms with Crippen molar-refractivity contribution in [3.8, 4) is 5.69 Å². The maximum atomic E-state index is 12.6. The van der Waals surface area contributed by atoms with Crippen molar-refractivity contribution in [3.05, 3.63) is 76.0 Å². The number of amides is 1. The van der Waals surface area contributed by atoms with E-state index in [9.17, 15) is 9.59 Å². The van der Waals surface area contributed by atoms with E-state index >= 15 is 0 Å². The summed E-state index contributed by atoms with van der Waals surface area (Å²) in [4.78, 5) is 29.3. The molecule has 0 aliphatic rings. The van der Waals surface area contributed by atoms with Crippen LogP contribution in [0.1, 0.15) is 21.6 Å². The van der Waals surface area contributed by atoms with E-state index in [-0.39, 0.29) is 11.6 Å². The van der Waals surface area contributed by atoms with Gasteiger partial charge in [0.1, 0.15) is 0 Å². The first-order chi connectivity index (χ1) is 12.5. The molecule has 0 aliphatic heterocycles. The van der Waals surface area contributed by atoms with Crippen LogP contribution >= 0.6 is 0 Å². The van der Waals surface area contributed by atoms with Gasteiger partial charge in [0.15, 0.2) is 0 Å². The number of rotatable bonds is 3. The van der Waals surface area contributed by atoms with Crippen molar-refractivity contribution in [2.75, 3.05) is 5.32 Å². The van der Waals surface area contributed by atoms with Crippen LogP contribution in [0, 0.1) is 13.8 Å². The highest BCUT2D eigenvalue weighted by Crippen LogP contribution is 2.19. The Bertz CT molecular complexity index is 1180. The van der Waals surface area contributed by atoms with Gasteiger partial charge >= 0.3 is 5.69 Å². The van der Waals surface area contributed by atoms with Gasteiger partial charge in [-0.2, -0.15) is 5.10 Å². The Labute approximate surface area is 148 Å². The van der Waals surface area contributed by atoms with Crippen LogP contribution in [0.3, 0.4) is 0 Å². The monoisotopic (exact) mass is 347 g/mol. The highest BCUT2D eigenvalue weighted by molar-refractivity contribution is 6.05. The number of nitrogens with zero attached hydrogens (tertiary/aromatic N) is 2. The second-order valence-corrected chi connectivity index (χ2v) is 6.19. The summed E-state index contributed by atoms with van der Waals surface area (Å²) < 4.78 is 1.74. The van der Waals surface area contributed by atoms with Gasteiger partial charge in [0, 0.05) is 5.69 Å². The zero-order valence-electron chi connectivity index (χ0n) is 14.3. The number of hydrogen-bond acceptors (Lipinski definition) is 3. The minimum absolute atomic E-state index is 0.251. The Morgan fingerprint density at radius 2 is 1.88 bits per heavy atom. The molecule has 0 atom stereocenters. The Balaban J connectivity index is 1.62. The van der Waals surface area contributed by atoms with Gasteiger partial charge in [-0.1, -0.05) is 12.1 Å². The molecule has 0 aliphatic carbocycles. The molecule has 4 rings (SSSR count). The summed E-state index contributed by atoms with van der Waals surface area (Å²) in [5, 5.41) is 7.19. The summed E-state index contributed by atoms with van der Waals surface area (Å²) in [6.07, 6.45) is 1.56. The number of aryl methyl sites for hydroxylation is 1. The van der Waals surface area contributed by atoms with E-state index in [4.69, 9.17) is 0 Å². The molecular formula is C19H17N5O2. The Morgan fingerprint density at radius 1 is 1.08 bits per heavy atom. The molecule has 26 heavy (non-hydrogen) atoms. The number of nitrogens with one attached hydrogen (secondary N) is 3. The molecule has 130 valence electrons. The van der Waals surface area contributed by atoms with E-state index in [1.165, 1.54) is 0 Å². The van der Waals surface area contributed by atoms with Crippen molar-refractivity contribution in [1.29, 1.82) is 0 Å². The lowest BCUT2D eigenvalue weighted by Gasteiger charge is -2.07. The van der Waals surface area contributed by atoms with Crippen LogP contribution in [0.4, 0.5) is 5.69 Å². The number of benzene rings is 2. The van der Waals surface area contributed by atoms with Crippen molar-refractivity contribution in [1.82, 2.24) is 19.7 Å². The van der Waals surface area contributed by atoms with Gasteiger partial charge in [0.2, 0.25) is 0 Å². The minimum Gasteiger partial charge on any atom is -0.322 e. The van der Waals surface area contributed by atoms with Crippen LogP contribution in [0.2, 0.25) is 0 Å². The minimum atomic E-state index is -0.279. The highest BCUT2D eigenvalue weighted by Gasteiger charge is 2.15. The number of anilines is 1. The second kappa shape index (κ2) is 6.03. The van der Waals surface area contributed by atoms with E-state index in [2.05, 4.69) is 20.4 Å². The Morgan fingerprint density at radius 3 is 2.69 bits per heavy atom. The van der Waals surface area contributed by atoms with Gasteiger partial charge < -0.3 is 15.3 Å². The fourth-order valence-electron chi connectivity index (χ4n) is 2.96. The third-order valence-corrected chi connectivity index (χ3v) is 4.27. The van der Waals surface area contributed by atoms with Gasteiger partial charge in [-0.15, -0.1) is 0 Å². The number of carbonyl (C=O) groups excluding carboxylic acids is 1. The predicted molar refractivity (Wildman–Crippen MR) is 99.9 cm³/mol. The first-order valence-corrected chi connectivity index (χ1v) is 8.16. The molecule has 0 saturated carbocycles. The van der Waals surface area contributed by atoms with Crippen molar-refractivity contribution in [3.63, 3.8) is 0 Å². The van der Waals surface area contributed by atoms with Crippen LogP contribution in [-0.2, 0) is 0 Å². The first kappa shape index (κ1) is 15.9. The molecule has 0 unspecified atom stereocenters. The van der Waals surface area contributed by atoms with Crippen molar-refractivity contribution >= 4 is 22.6 Å². The van der Waals surface area contributed by atoms with Crippen LogP contribution in [0.5, 0.6) is 0 Å². The van der Waals surface area contributed by atoms with E-state index in [0.717, 1.165) is 16.9 Å². The van der Waals surface area contributed by atoms with Crippen LogP contribution in [-0.4, -0.2) is 25.7 Å². The number of aromatic amines is 2. The quantitative estimate of drug-likeness (QED) is 0.532. The van der Waals surface area contributed by atoms with Crippen molar-refractivity contribution in [2.45, 2.75) is 13.8 Å². The third kappa shape index (κ3) is 2.79. The fourth-order valence-corrected chi connectivity index (χ4v) is 2.96. The molecule has 0 spiro atoms. The summed E-state index contributed by atoms with van der Waals surface area (Å²) in [6.45, 7) is 3.87. The highest BCUT2D eigenvalue weighted by atomic mass is 16.2. The maximum absolute atomic E-state index is 12.6. The summed E-state index contributed by atoms with van der Waals surface area (Å²) in [5.41, 5.74) is 4.93. The lowest BCUT2D eigenvalue weighted by molar-refractivity contribution is 0.102. The molecule has 2 aromatic carbocycles. The largest absolute Gasteiger partial charge is 0.323 e. The predicted octanol–water partition coefficient (Wildman–Crippen LogP) is 2.91. The molecule has 0 radical (unpaired) electrons. The molecule has 0 fully saturated rings. The first-order valence-electron chi connectivity index (χ1n) is 8.16. The normalized spacial score (nSPS) is 11.0. The van der Waals surface area contributed by atoms with Crippen LogP contribution < -0.4 is 11.0 Å². The number of hydrogen-bond donors (Lipinski definition) is 3. The molecule has 2 heterocycles. The summed E-state index contributed by atoms with van der Waals surface area (Å²) >= 11 is 0. The lowest BCUT2D eigenvalue weighted by Crippen LogP contribution is -2.13. The van der Waals surface area contributed by atoms with E-state index in [1.54, 1.807) is 29.1 Å². The molecule has 4 aromatic rings. The van der Waals surface area contributed by atoms with Gasteiger partial charge in [0.05, 0.1) is 34.2 Å². The van der Waals surface area contributed by atoms with Gasteiger partial charge in [0.25, 0.3) is 5.91 Å². The SMILES string of the molecule is Cc1cccc(-n2ncc(C(=O)Nc3ccc4[nH]c(=O)[nH]c4c3)c2C)c1. The van der Waals surface area contributed by atoms with E-state index in [1.807, 2.05) is 38.1 Å². The maximum Gasteiger partial charge on any atom is 0.323 e. The molecule has 7 nitrogen and oxygen atoms in total. The average Bonchev–Trinajstić information content (AvgIpc) is 3.16. The molecule has 1 amide bonds. The smallest absolute Gasteiger partial charge is 0.322 e. The Hall–Kier alpha value is -3.61. The third-order valence-electron chi connectivity index (χ3n) is 4.27. The van der Waals surface area contributed by atoms with Gasteiger partial charge in [-0.05, 0) is 49.7 Å². The Kier molecular flexibility index (Phi) is 3.69. The summed E-state index contributed by atoms with van der Waals surface area (Å²) in [7, 11) is 0. The van der Waals surface area contributed by atoms with Gasteiger partial charge in [-0.3, -0.25) is 4.79 Å². The molecular weight excluding hydrogens is 330 g/mol. The molecule has 0 bridgehead atoms. The standard InChI is InChI=1S/C19H17N5O2/c1-11-4-3-5-14(8-11)24-12(2)15(10-20-24)18(25)21-13-6-7-16-17(9-13)23-19(26)22-16/h3-10H,1-2H3,(H,21,25)(H2,22,23,26). The van der Waals surface area contributed by atoms with Crippen LogP contribution in [0.25, 0.3) is 16.7 Å². The summed E-state index contributed by atoms with van der Waals surface area (Å²) in [5.74, 6) is -0.251. The molecule has 3 N–H and O–H groups in total.